The lowest BCUT2D eigenvalue weighted by Gasteiger charge is -2.24. The van der Waals surface area contributed by atoms with E-state index < -0.39 is 0 Å². The average Bonchev–Trinajstić information content (AvgIpc) is 2.93. The Hall–Kier alpha value is -0.970. The maximum atomic E-state index is 12.7. The Morgan fingerprint density at radius 3 is 2.33 bits per heavy atom. The van der Waals surface area contributed by atoms with Crippen molar-refractivity contribution in [2.75, 3.05) is 31.1 Å². The second-order valence-electron chi connectivity index (χ2n) is 6.27. The summed E-state index contributed by atoms with van der Waals surface area (Å²) in [6.07, 6.45) is 2.14. The standard InChI is InChI=1S/C18H29N3O.2ClH/c1-4-10-20(5-2)17-8-6-16(7-9-17)18(22)21-13-15(12-19)11-14(21)3;;/h6-9,14-15H,4-5,10-13,19H2,1-3H3;2*1H. The number of benzene rings is 1. The lowest BCUT2D eigenvalue weighted by Crippen LogP contribution is -2.34. The van der Waals surface area contributed by atoms with Crippen LogP contribution in [0.2, 0.25) is 0 Å². The van der Waals surface area contributed by atoms with E-state index >= 15 is 0 Å². The number of hydrogen-bond acceptors (Lipinski definition) is 3. The molecule has 2 unspecified atom stereocenters. The molecule has 6 heteroatoms. The fourth-order valence-corrected chi connectivity index (χ4v) is 3.32. The molecule has 0 aliphatic carbocycles. The van der Waals surface area contributed by atoms with Crippen molar-refractivity contribution in [3.8, 4) is 0 Å². The summed E-state index contributed by atoms with van der Waals surface area (Å²) in [6, 6.07) is 8.32. The van der Waals surface area contributed by atoms with Gasteiger partial charge in [-0.2, -0.15) is 0 Å². The van der Waals surface area contributed by atoms with Crippen LogP contribution in [0.4, 0.5) is 5.69 Å². The Kier molecular flexibility index (Phi) is 10.4. The van der Waals surface area contributed by atoms with Crippen molar-refractivity contribution in [3.05, 3.63) is 29.8 Å². The highest BCUT2D eigenvalue weighted by Crippen LogP contribution is 2.25. The molecule has 1 saturated heterocycles. The summed E-state index contributed by atoms with van der Waals surface area (Å²) in [7, 11) is 0. The highest BCUT2D eigenvalue weighted by Gasteiger charge is 2.31. The van der Waals surface area contributed by atoms with Gasteiger partial charge in [0.1, 0.15) is 0 Å². The molecule has 4 nitrogen and oxygen atoms in total. The maximum absolute atomic E-state index is 12.7. The molecule has 138 valence electrons. The van der Waals surface area contributed by atoms with Gasteiger partial charge >= 0.3 is 0 Å². The molecule has 1 aromatic rings. The van der Waals surface area contributed by atoms with Crippen molar-refractivity contribution >= 4 is 36.4 Å². The predicted molar refractivity (Wildman–Crippen MR) is 107 cm³/mol. The van der Waals surface area contributed by atoms with Gasteiger partial charge in [0.2, 0.25) is 0 Å². The number of carbonyl (C=O) groups excluding carboxylic acids is 1. The summed E-state index contributed by atoms with van der Waals surface area (Å²) >= 11 is 0. The van der Waals surface area contributed by atoms with Crippen LogP contribution in [0.3, 0.4) is 0 Å². The summed E-state index contributed by atoms with van der Waals surface area (Å²) in [5.41, 5.74) is 7.72. The van der Waals surface area contributed by atoms with Gasteiger partial charge in [-0.3, -0.25) is 4.79 Å². The maximum Gasteiger partial charge on any atom is 0.254 e. The van der Waals surface area contributed by atoms with Gasteiger partial charge in [0.25, 0.3) is 5.91 Å². The van der Waals surface area contributed by atoms with E-state index in [1.165, 1.54) is 5.69 Å². The Morgan fingerprint density at radius 2 is 1.88 bits per heavy atom. The first-order valence-corrected chi connectivity index (χ1v) is 8.46. The van der Waals surface area contributed by atoms with Crippen LogP contribution in [0.1, 0.15) is 44.0 Å². The van der Waals surface area contributed by atoms with Gasteiger partial charge in [-0.15, -0.1) is 24.8 Å². The Bertz CT molecular complexity index is 496. The zero-order chi connectivity index (χ0) is 16.1. The molecule has 2 rings (SSSR count). The first kappa shape index (κ1) is 23.0. The minimum atomic E-state index is 0. The Balaban J connectivity index is 0.00000264. The fourth-order valence-electron chi connectivity index (χ4n) is 3.32. The number of likely N-dealkylation sites (tertiary alicyclic amines) is 1. The van der Waals surface area contributed by atoms with Gasteiger partial charge in [-0.25, -0.2) is 0 Å². The number of hydrogen-bond donors (Lipinski definition) is 1. The Labute approximate surface area is 158 Å². The molecule has 24 heavy (non-hydrogen) atoms. The first-order valence-electron chi connectivity index (χ1n) is 8.46. The van der Waals surface area contributed by atoms with E-state index in [1.54, 1.807) is 0 Å². The van der Waals surface area contributed by atoms with Crippen LogP contribution >= 0.6 is 24.8 Å². The first-order chi connectivity index (χ1) is 10.6. The van der Waals surface area contributed by atoms with Crippen molar-refractivity contribution in [2.24, 2.45) is 11.7 Å². The summed E-state index contributed by atoms with van der Waals surface area (Å²) in [4.78, 5) is 17.0. The number of anilines is 1. The SMILES string of the molecule is CCCN(CC)c1ccc(C(=O)N2CC(CN)CC2C)cc1.Cl.Cl. The molecule has 1 aliphatic rings. The molecular formula is C18H31Cl2N3O. The van der Waals surface area contributed by atoms with E-state index in [2.05, 4.69) is 37.8 Å². The van der Waals surface area contributed by atoms with Gasteiger partial charge in [-0.1, -0.05) is 6.92 Å². The molecule has 0 aromatic heterocycles. The van der Waals surface area contributed by atoms with E-state index in [0.717, 1.165) is 38.0 Å². The lowest BCUT2D eigenvalue weighted by atomic mass is 10.1. The minimum absolute atomic E-state index is 0. The number of carbonyl (C=O) groups is 1. The van der Waals surface area contributed by atoms with Crippen LogP contribution in [0.25, 0.3) is 0 Å². The summed E-state index contributed by atoms with van der Waals surface area (Å²) in [5, 5.41) is 0. The number of nitrogens with zero attached hydrogens (tertiary/aromatic N) is 2. The lowest BCUT2D eigenvalue weighted by molar-refractivity contribution is 0.0743. The summed E-state index contributed by atoms with van der Waals surface area (Å²) < 4.78 is 0. The third-order valence-corrected chi connectivity index (χ3v) is 4.61. The second-order valence-corrected chi connectivity index (χ2v) is 6.27. The molecule has 0 radical (unpaired) electrons. The van der Waals surface area contributed by atoms with Crippen LogP contribution in [0, 0.1) is 5.92 Å². The molecule has 2 atom stereocenters. The van der Waals surface area contributed by atoms with Gasteiger partial charge in [0.05, 0.1) is 0 Å². The highest BCUT2D eigenvalue weighted by molar-refractivity contribution is 5.95. The highest BCUT2D eigenvalue weighted by atomic mass is 35.5. The molecule has 1 aliphatic heterocycles. The van der Waals surface area contributed by atoms with E-state index in [0.29, 0.717) is 12.5 Å². The largest absolute Gasteiger partial charge is 0.372 e. The van der Waals surface area contributed by atoms with Crippen LogP contribution in [0.5, 0.6) is 0 Å². The minimum Gasteiger partial charge on any atom is -0.372 e. The number of amides is 1. The molecule has 0 bridgehead atoms. The van der Waals surface area contributed by atoms with Crippen molar-refractivity contribution in [2.45, 2.75) is 39.7 Å². The zero-order valence-electron chi connectivity index (χ0n) is 14.9. The molecular weight excluding hydrogens is 345 g/mol. The number of rotatable bonds is 6. The quantitative estimate of drug-likeness (QED) is 0.826. The van der Waals surface area contributed by atoms with Crippen molar-refractivity contribution in [1.82, 2.24) is 4.90 Å². The van der Waals surface area contributed by atoms with Gasteiger partial charge < -0.3 is 15.5 Å². The third-order valence-electron chi connectivity index (χ3n) is 4.61. The molecule has 1 fully saturated rings. The van der Waals surface area contributed by atoms with Crippen LogP contribution < -0.4 is 10.6 Å². The third kappa shape index (κ3) is 5.27. The number of halogens is 2. The molecule has 2 N–H and O–H groups in total. The predicted octanol–water partition coefficient (Wildman–Crippen LogP) is 3.58. The van der Waals surface area contributed by atoms with Crippen molar-refractivity contribution in [3.63, 3.8) is 0 Å². The monoisotopic (exact) mass is 375 g/mol. The molecule has 0 saturated carbocycles. The van der Waals surface area contributed by atoms with E-state index in [9.17, 15) is 4.79 Å². The molecule has 1 heterocycles. The molecule has 0 spiro atoms. The smallest absolute Gasteiger partial charge is 0.254 e. The Morgan fingerprint density at radius 1 is 1.25 bits per heavy atom. The molecule has 1 amide bonds. The summed E-state index contributed by atoms with van der Waals surface area (Å²) in [6.45, 7) is 9.94. The zero-order valence-corrected chi connectivity index (χ0v) is 16.5. The summed E-state index contributed by atoms with van der Waals surface area (Å²) in [5.74, 6) is 0.576. The van der Waals surface area contributed by atoms with Crippen LogP contribution in [-0.2, 0) is 0 Å². The van der Waals surface area contributed by atoms with E-state index in [-0.39, 0.29) is 36.8 Å². The van der Waals surface area contributed by atoms with Gasteiger partial charge in [0.15, 0.2) is 0 Å². The second kappa shape index (κ2) is 10.8. The van der Waals surface area contributed by atoms with E-state index in [1.807, 2.05) is 17.0 Å². The van der Waals surface area contributed by atoms with Crippen molar-refractivity contribution < 1.29 is 4.79 Å². The van der Waals surface area contributed by atoms with Gasteiger partial charge in [0, 0.05) is 36.9 Å². The topological polar surface area (TPSA) is 49.6 Å². The van der Waals surface area contributed by atoms with Crippen molar-refractivity contribution in [1.29, 1.82) is 0 Å². The van der Waals surface area contributed by atoms with Crippen LogP contribution in [-0.4, -0.2) is 43.0 Å². The van der Waals surface area contributed by atoms with Gasteiger partial charge in [-0.05, 0) is 63.4 Å². The number of nitrogens with two attached hydrogens (primary N) is 1. The van der Waals surface area contributed by atoms with E-state index in [4.69, 9.17) is 5.73 Å². The van der Waals surface area contributed by atoms with Crippen LogP contribution in [0.15, 0.2) is 24.3 Å². The fraction of sp³-hybridized carbons (Fsp3) is 0.611. The normalized spacial score (nSPS) is 19.4. The average molecular weight is 376 g/mol. The molecule has 1 aromatic carbocycles.